The first-order chi connectivity index (χ1) is 16.2. The fourth-order valence-electron chi connectivity index (χ4n) is 4.57. The molecule has 5 rings (SSSR count). The van der Waals surface area contributed by atoms with Gasteiger partial charge in [0.2, 0.25) is 5.91 Å². The van der Waals surface area contributed by atoms with Crippen LogP contribution in [0.25, 0.3) is 4.91 Å². The van der Waals surface area contributed by atoms with Crippen molar-refractivity contribution in [1.82, 2.24) is 4.90 Å². The highest BCUT2D eigenvalue weighted by Gasteiger charge is 2.44. The quantitative estimate of drug-likeness (QED) is 0.490. The van der Waals surface area contributed by atoms with E-state index in [2.05, 4.69) is 30.3 Å². The molecule has 5 heteroatoms. The highest BCUT2D eigenvalue weighted by molar-refractivity contribution is 8.08. The van der Waals surface area contributed by atoms with Gasteiger partial charge in [-0.25, -0.2) is 9.69 Å². The van der Waals surface area contributed by atoms with E-state index < -0.39 is 6.09 Å². The van der Waals surface area contributed by atoms with Crippen LogP contribution < -0.4 is 0 Å². The van der Waals surface area contributed by atoms with Crippen molar-refractivity contribution >= 4 is 28.7 Å². The Hall–Kier alpha value is -3.31. The van der Waals surface area contributed by atoms with E-state index in [0.717, 1.165) is 16.7 Å². The summed E-state index contributed by atoms with van der Waals surface area (Å²) in [7, 11) is 0. The lowest BCUT2D eigenvalue weighted by Crippen LogP contribution is -2.46. The summed E-state index contributed by atoms with van der Waals surface area (Å²) in [5.74, 6) is 0.0129. The number of imide groups is 1. The maximum atomic E-state index is 13.8. The number of ether oxygens (including phenoxy) is 1. The molecule has 166 valence electrons. The van der Waals surface area contributed by atoms with Crippen molar-refractivity contribution in [2.24, 2.45) is 5.92 Å². The Morgan fingerprint density at radius 1 is 0.909 bits per heavy atom. The first-order valence-electron chi connectivity index (χ1n) is 11.2. The van der Waals surface area contributed by atoms with E-state index >= 15 is 0 Å². The van der Waals surface area contributed by atoms with Crippen LogP contribution in [0.15, 0.2) is 97.1 Å². The molecule has 3 aromatic carbocycles. The maximum absolute atomic E-state index is 13.8. The number of carbonyl (C=O) groups is 2. The SMILES string of the molecule is O=C1OC[C@H](Cc2ccccc2)N1C(=O)[C@H]1CSC(c2ccccc2)=C[C@H]1c1ccccc1. The summed E-state index contributed by atoms with van der Waals surface area (Å²) < 4.78 is 5.34. The van der Waals surface area contributed by atoms with Crippen LogP contribution in [-0.2, 0) is 16.0 Å². The number of hydrogen-bond acceptors (Lipinski definition) is 4. The zero-order valence-electron chi connectivity index (χ0n) is 18.2. The van der Waals surface area contributed by atoms with Crippen LogP contribution in [0.3, 0.4) is 0 Å². The average Bonchev–Trinajstić information content (AvgIpc) is 3.24. The lowest BCUT2D eigenvalue weighted by Gasteiger charge is -2.32. The van der Waals surface area contributed by atoms with Crippen LogP contribution in [0.2, 0.25) is 0 Å². The molecule has 3 atom stereocenters. The highest BCUT2D eigenvalue weighted by atomic mass is 32.2. The predicted octanol–water partition coefficient (Wildman–Crippen LogP) is 5.76. The molecule has 2 amide bonds. The second-order valence-electron chi connectivity index (χ2n) is 8.38. The zero-order chi connectivity index (χ0) is 22.6. The number of cyclic esters (lactones) is 1. The van der Waals surface area contributed by atoms with Crippen molar-refractivity contribution in [2.75, 3.05) is 12.4 Å². The van der Waals surface area contributed by atoms with Gasteiger partial charge < -0.3 is 4.74 Å². The van der Waals surface area contributed by atoms with E-state index in [0.29, 0.717) is 12.2 Å². The van der Waals surface area contributed by atoms with Gasteiger partial charge in [-0.1, -0.05) is 97.1 Å². The van der Waals surface area contributed by atoms with E-state index in [1.807, 2.05) is 66.7 Å². The van der Waals surface area contributed by atoms with Crippen molar-refractivity contribution in [3.05, 3.63) is 114 Å². The molecule has 0 bridgehead atoms. The summed E-state index contributed by atoms with van der Waals surface area (Å²) in [6.07, 6.45) is 2.25. The molecule has 2 aliphatic heterocycles. The zero-order valence-corrected chi connectivity index (χ0v) is 19.0. The number of benzene rings is 3. The fraction of sp³-hybridized carbons (Fsp3) is 0.214. The van der Waals surface area contributed by atoms with Crippen LogP contribution in [0, 0.1) is 5.92 Å². The average molecular weight is 456 g/mol. The Kier molecular flexibility index (Phi) is 6.31. The summed E-state index contributed by atoms with van der Waals surface area (Å²) >= 11 is 1.68. The largest absolute Gasteiger partial charge is 0.447 e. The second kappa shape index (κ2) is 9.67. The van der Waals surface area contributed by atoms with Gasteiger partial charge in [0.05, 0.1) is 12.0 Å². The minimum Gasteiger partial charge on any atom is -0.447 e. The minimum absolute atomic E-state index is 0.110. The van der Waals surface area contributed by atoms with Crippen molar-refractivity contribution in [2.45, 2.75) is 18.4 Å². The number of rotatable bonds is 5. The number of thioether (sulfide) groups is 1. The van der Waals surface area contributed by atoms with Gasteiger partial charge in [0.15, 0.2) is 0 Å². The van der Waals surface area contributed by atoms with Crippen LogP contribution in [0.5, 0.6) is 0 Å². The molecule has 2 aliphatic rings. The van der Waals surface area contributed by atoms with Gasteiger partial charge in [-0.2, -0.15) is 0 Å². The van der Waals surface area contributed by atoms with Gasteiger partial charge >= 0.3 is 6.09 Å². The Bertz CT molecular complexity index is 1150. The van der Waals surface area contributed by atoms with Crippen molar-refractivity contribution in [1.29, 1.82) is 0 Å². The second-order valence-corrected chi connectivity index (χ2v) is 9.44. The number of amides is 2. The third kappa shape index (κ3) is 4.60. The molecular formula is C28H25NO3S. The molecule has 0 N–H and O–H groups in total. The van der Waals surface area contributed by atoms with E-state index in [-0.39, 0.29) is 30.4 Å². The standard InChI is InChI=1S/C28H25NO3S/c30-27(29-23(18-32-28(29)31)16-20-10-4-1-5-11-20)25-19-33-26(22-14-8-3-9-15-22)17-24(25)21-12-6-2-7-13-21/h1-15,17,23-25H,16,18-19H2/t23-,24-,25-/m0/s1. The number of nitrogens with zero attached hydrogens (tertiary/aromatic N) is 1. The molecule has 1 saturated heterocycles. The normalized spacial score (nSPS) is 22.5. The van der Waals surface area contributed by atoms with Gasteiger partial charge in [0, 0.05) is 16.6 Å². The van der Waals surface area contributed by atoms with Crippen molar-refractivity contribution in [3.8, 4) is 0 Å². The molecule has 0 aliphatic carbocycles. The number of allylic oxidation sites excluding steroid dienone is 1. The van der Waals surface area contributed by atoms with Crippen molar-refractivity contribution < 1.29 is 14.3 Å². The molecule has 0 aromatic heterocycles. The third-order valence-electron chi connectivity index (χ3n) is 6.26. The van der Waals surface area contributed by atoms with Crippen LogP contribution in [-0.4, -0.2) is 35.3 Å². The Labute approximate surface area is 198 Å². The molecule has 0 spiro atoms. The van der Waals surface area contributed by atoms with Gasteiger partial charge in [-0.05, 0) is 23.1 Å². The van der Waals surface area contributed by atoms with Gasteiger partial charge in [0.1, 0.15) is 6.61 Å². The summed E-state index contributed by atoms with van der Waals surface area (Å²) in [6.45, 7) is 0.237. The Morgan fingerprint density at radius 3 is 2.24 bits per heavy atom. The van der Waals surface area contributed by atoms with E-state index in [1.54, 1.807) is 11.8 Å². The van der Waals surface area contributed by atoms with E-state index in [1.165, 1.54) is 9.81 Å². The summed E-state index contributed by atoms with van der Waals surface area (Å²) in [4.78, 5) is 29.0. The molecule has 1 fully saturated rings. The molecule has 0 unspecified atom stereocenters. The minimum atomic E-state index is -0.532. The van der Waals surface area contributed by atoms with Gasteiger partial charge in [0.25, 0.3) is 0 Å². The Morgan fingerprint density at radius 2 is 1.55 bits per heavy atom. The fourth-order valence-corrected chi connectivity index (χ4v) is 5.82. The van der Waals surface area contributed by atoms with Crippen LogP contribution >= 0.6 is 11.8 Å². The molecule has 2 heterocycles. The smallest absolute Gasteiger partial charge is 0.416 e. The molecule has 4 nitrogen and oxygen atoms in total. The predicted molar refractivity (Wildman–Crippen MR) is 132 cm³/mol. The highest BCUT2D eigenvalue weighted by Crippen LogP contribution is 2.43. The Balaban J connectivity index is 1.45. The number of hydrogen-bond donors (Lipinski definition) is 0. The van der Waals surface area contributed by atoms with Gasteiger partial charge in [-0.3, -0.25) is 4.79 Å². The monoisotopic (exact) mass is 455 g/mol. The van der Waals surface area contributed by atoms with Gasteiger partial charge in [-0.15, -0.1) is 11.8 Å². The summed E-state index contributed by atoms with van der Waals surface area (Å²) in [5.41, 5.74) is 3.32. The van der Waals surface area contributed by atoms with E-state index in [4.69, 9.17) is 4.74 Å². The molecule has 3 aromatic rings. The molecule has 0 saturated carbocycles. The maximum Gasteiger partial charge on any atom is 0.416 e. The van der Waals surface area contributed by atoms with E-state index in [9.17, 15) is 9.59 Å². The molecule has 0 radical (unpaired) electrons. The van der Waals surface area contributed by atoms with Crippen molar-refractivity contribution in [3.63, 3.8) is 0 Å². The topological polar surface area (TPSA) is 46.6 Å². The van der Waals surface area contributed by atoms with Crippen LogP contribution in [0.1, 0.15) is 22.6 Å². The molecule has 33 heavy (non-hydrogen) atoms. The molecular weight excluding hydrogens is 430 g/mol. The third-order valence-corrected chi connectivity index (χ3v) is 7.46. The lowest BCUT2D eigenvalue weighted by molar-refractivity contribution is -0.133. The number of carbonyl (C=O) groups excluding carboxylic acids is 2. The first kappa shape index (κ1) is 21.5. The lowest BCUT2D eigenvalue weighted by atomic mass is 9.84. The van der Waals surface area contributed by atoms with Crippen LogP contribution in [0.4, 0.5) is 4.79 Å². The summed E-state index contributed by atoms with van der Waals surface area (Å²) in [6, 6.07) is 30.0. The summed E-state index contributed by atoms with van der Waals surface area (Å²) in [5, 5.41) is 0. The first-order valence-corrected chi connectivity index (χ1v) is 12.2.